The van der Waals surface area contributed by atoms with Gasteiger partial charge in [0.05, 0.1) is 5.69 Å². The van der Waals surface area contributed by atoms with Gasteiger partial charge >= 0.3 is 0 Å². The molecule has 0 radical (unpaired) electrons. The number of nitrogens with two attached hydrogens (primary N) is 1. The number of nitrogens with zero attached hydrogens (tertiary/aromatic N) is 3. The smallest absolute Gasteiger partial charge is 0.291 e. The van der Waals surface area contributed by atoms with Crippen LogP contribution in [-0.2, 0) is 0 Å². The molecule has 128 valence electrons. The van der Waals surface area contributed by atoms with Gasteiger partial charge in [-0.2, -0.15) is 0 Å². The summed E-state index contributed by atoms with van der Waals surface area (Å²) in [6, 6.07) is 8.09. The molecule has 1 atom stereocenters. The molecule has 6 nitrogen and oxygen atoms in total. The van der Waals surface area contributed by atoms with E-state index in [2.05, 4.69) is 35.3 Å². The van der Waals surface area contributed by atoms with Crippen molar-refractivity contribution in [1.29, 1.82) is 0 Å². The lowest BCUT2D eigenvalue weighted by molar-refractivity contribution is 0.0923. The maximum atomic E-state index is 12.5. The van der Waals surface area contributed by atoms with Crippen LogP contribution in [0, 0.1) is 12.8 Å². The van der Waals surface area contributed by atoms with Gasteiger partial charge in [-0.1, -0.05) is 32.0 Å². The van der Waals surface area contributed by atoms with Crippen molar-refractivity contribution in [3.05, 3.63) is 41.5 Å². The Balaban J connectivity index is 1.86. The van der Waals surface area contributed by atoms with E-state index < -0.39 is 0 Å². The average molecular weight is 327 g/mol. The lowest BCUT2D eigenvalue weighted by Gasteiger charge is -2.14. The van der Waals surface area contributed by atoms with Gasteiger partial charge in [0.15, 0.2) is 0 Å². The first-order chi connectivity index (χ1) is 11.5. The van der Waals surface area contributed by atoms with Gasteiger partial charge in [-0.15, -0.1) is 5.10 Å². The van der Waals surface area contributed by atoms with E-state index in [9.17, 15) is 4.79 Å². The predicted molar refractivity (Wildman–Crippen MR) is 93.2 cm³/mol. The number of rotatable bonds is 6. The van der Waals surface area contributed by atoms with Crippen LogP contribution < -0.4 is 11.1 Å². The van der Waals surface area contributed by atoms with Gasteiger partial charge in [0.2, 0.25) is 5.82 Å². The van der Waals surface area contributed by atoms with Crippen molar-refractivity contribution in [3.63, 3.8) is 0 Å². The molecule has 1 aliphatic carbocycles. The van der Waals surface area contributed by atoms with E-state index in [0.717, 1.165) is 18.5 Å². The molecule has 2 aromatic rings. The van der Waals surface area contributed by atoms with Crippen molar-refractivity contribution in [2.45, 2.75) is 45.6 Å². The fraction of sp³-hybridized carbons (Fsp3) is 0.500. The Labute approximate surface area is 142 Å². The van der Waals surface area contributed by atoms with Crippen LogP contribution in [0.5, 0.6) is 0 Å². The van der Waals surface area contributed by atoms with Crippen molar-refractivity contribution in [3.8, 4) is 5.69 Å². The van der Waals surface area contributed by atoms with Gasteiger partial charge in [0.25, 0.3) is 5.91 Å². The molecule has 1 unspecified atom stereocenters. The van der Waals surface area contributed by atoms with Crippen LogP contribution in [0.2, 0.25) is 0 Å². The third-order valence-electron chi connectivity index (χ3n) is 4.52. The third kappa shape index (κ3) is 3.33. The highest BCUT2D eigenvalue weighted by Crippen LogP contribution is 2.32. The Morgan fingerprint density at radius 1 is 1.38 bits per heavy atom. The van der Waals surface area contributed by atoms with E-state index in [1.807, 2.05) is 25.1 Å². The van der Waals surface area contributed by atoms with Crippen LogP contribution in [-0.4, -0.2) is 33.3 Å². The number of hydrogen-bond donors (Lipinski definition) is 2. The van der Waals surface area contributed by atoms with Crippen LogP contribution in [0.15, 0.2) is 24.3 Å². The first-order valence-corrected chi connectivity index (χ1v) is 8.55. The summed E-state index contributed by atoms with van der Waals surface area (Å²) < 4.78 is 1.75. The normalized spacial score (nSPS) is 15.5. The predicted octanol–water partition coefficient (Wildman–Crippen LogP) is 2.17. The fourth-order valence-electron chi connectivity index (χ4n) is 2.98. The van der Waals surface area contributed by atoms with Crippen LogP contribution >= 0.6 is 0 Å². The molecule has 0 saturated heterocycles. The number of carbonyl (C=O) groups excluding carboxylic acids is 1. The van der Waals surface area contributed by atoms with E-state index in [0.29, 0.717) is 24.2 Å². The highest BCUT2D eigenvalue weighted by Gasteiger charge is 2.32. The molecule has 1 heterocycles. The van der Waals surface area contributed by atoms with Crippen molar-refractivity contribution >= 4 is 5.91 Å². The second kappa shape index (κ2) is 6.73. The van der Waals surface area contributed by atoms with Gasteiger partial charge in [0, 0.05) is 12.6 Å². The fourth-order valence-corrected chi connectivity index (χ4v) is 2.98. The topological polar surface area (TPSA) is 85.8 Å². The molecule has 3 N–H and O–H groups in total. The number of carbonyl (C=O) groups is 1. The highest BCUT2D eigenvalue weighted by atomic mass is 16.2. The molecule has 24 heavy (non-hydrogen) atoms. The molecule has 1 aromatic carbocycles. The molecule has 6 heteroatoms. The molecule has 0 aliphatic heterocycles. The summed E-state index contributed by atoms with van der Waals surface area (Å²) in [4.78, 5) is 16.8. The Morgan fingerprint density at radius 3 is 2.71 bits per heavy atom. The van der Waals surface area contributed by atoms with Gasteiger partial charge in [0.1, 0.15) is 5.82 Å². The Morgan fingerprint density at radius 2 is 2.08 bits per heavy atom. The lowest BCUT2D eigenvalue weighted by atomic mass is 10.0. The lowest BCUT2D eigenvalue weighted by Crippen LogP contribution is -2.42. The van der Waals surface area contributed by atoms with Crippen LogP contribution in [0.25, 0.3) is 5.69 Å². The Hall–Kier alpha value is -2.21. The standard InChI is InChI=1S/C18H25N5O/c1-11(2)14-6-4-5-7-16(14)23-12(3)20-17(22-23)18(24)21-15(10-19)13-8-9-13/h4-7,11,13,15H,8-10,19H2,1-3H3,(H,21,24). The van der Waals surface area contributed by atoms with E-state index in [1.54, 1.807) is 4.68 Å². The molecule has 0 spiro atoms. The Kier molecular flexibility index (Phi) is 4.66. The van der Waals surface area contributed by atoms with Gasteiger partial charge < -0.3 is 11.1 Å². The largest absolute Gasteiger partial charge is 0.345 e. The minimum Gasteiger partial charge on any atom is -0.345 e. The molecule has 1 fully saturated rings. The van der Waals surface area contributed by atoms with Crippen LogP contribution in [0.3, 0.4) is 0 Å². The number of hydrogen-bond acceptors (Lipinski definition) is 4. The molecular weight excluding hydrogens is 302 g/mol. The zero-order chi connectivity index (χ0) is 17.3. The number of aryl methyl sites for hydroxylation is 1. The summed E-state index contributed by atoms with van der Waals surface area (Å²) in [6.07, 6.45) is 2.26. The summed E-state index contributed by atoms with van der Waals surface area (Å²) in [5.74, 6) is 1.51. The summed E-state index contributed by atoms with van der Waals surface area (Å²) in [5.41, 5.74) is 7.90. The van der Waals surface area contributed by atoms with E-state index >= 15 is 0 Å². The summed E-state index contributed by atoms with van der Waals surface area (Å²) in [5, 5.41) is 7.41. The van der Waals surface area contributed by atoms with Crippen molar-refractivity contribution in [1.82, 2.24) is 20.1 Å². The minimum absolute atomic E-state index is 0.0210. The van der Waals surface area contributed by atoms with Gasteiger partial charge in [-0.3, -0.25) is 4.79 Å². The monoisotopic (exact) mass is 327 g/mol. The number of amides is 1. The Bertz CT molecular complexity index is 733. The summed E-state index contributed by atoms with van der Waals surface area (Å²) >= 11 is 0. The molecule has 0 bridgehead atoms. The van der Waals surface area contributed by atoms with E-state index in [4.69, 9.17) is 5.73 Å². The minimum atomic E-state index is -0.249. The molecule has 1 saturated carbocycles. The number of benzene rings is 1. The maximum absolute atomic E-state index is 12.5. The summed E-state index contributed by atoms with van der Waals surface area (Å²) in [7, 11) is 0. The van der Waals surface area contributed by atoms with Crippen molar-refractivity contribution in [2.24, 2.45) is 11.7 Å². The molecule has 1 aliphatic rings. The van der Waals surface area contributed by atoms with Crippen molar-refractivity contribution in [2.75, 3.05) is 6.54 Å². The van der Waals surface area contributed by atoms with Crippen LogP contribution in [0.1, 0.15) is 54.6 Å². The number of para-hydroxylation sites is 1. The molecule has 1 aromatic heterocycles. The number of aromatic nitrogens is 3. The molecular formula is C18H25N5O. The van der Waals surface area contributed by atoms with Crippen molar-refractivity contribution < 1.29 is 4.79 Å². The second-order valence-corrected chi connectivity index (χ2v) is 6.76. The highest BCUT2D eigenvalue weighted by molar-refractivity contribution is 5.90. The molecule has 3 rings (SSSR count). The SMILES string of the molecule is Cc1nc(C(=O)NC(CN)C2CC2)nn1-c1ccccc1C(C)C. The van der Waals surface area contributed by atoms with E-state index in [1.165, 1.54) is 5.56 Å². The molecule has 1 amide bonds. The van der Waals surface area contributed by atoms with Gasteiger partial charge in [-0.25, -0.2) is 9.67 Å². The van der Waals surface area contributed by atoms with Gasteiger partial charge in [-0.05, 0) is 43.2 Å². The quantitative estimate of drug-likeness (QED) is 0.851. The summed E-state index contributed by atoms with van der Waals surface area (Å²) in [6.45, 7) is 6.59. The first kappa shape index (κ1) is 16.6. The second-order valence-electron chi connectivity index (χ2n) is 6.76. The third-order valence-corrected chi connectivity index (χ3v) is 4.52. The van der Waals surface area contributed by atoms with Crippen LogP contribution in [0.4, 0.5) is 0 Å². The number of nitrogens with one attached hydrogen (secondary N) is 1. The maximum Gasteiger partial charge on any atom is 0.291 e. The zero-order valence-electron chi connectivity index (χ0n) is 14.5. The average Bonchev–Trinajstić information content (AvgIpc) is 3.34. The first-order valence-electron chi connectivity index (χ1n) is 8.55. The van der Waals surface area contributed by atoms with E-state index in [-0.39, 0.29) is 17.8 Å². The zero-order valence-corrected chi connectivity index (χ0v) is 14.5.